The molecule has 19 heavy (non-hydrogen) atoms. The van der Waals surface area contributed by atoms with E-state index in [1.807, 2.05) is 0 Å². The average molecular weight is 259 g/mol. The molecule has 0 aliphatic heterocycles. The summed E-state index contributed by atoms with van der Waals surface area (Å²) in [5.74, 6) is 0.322. The lowest BCUT2D eigenvalue weighted by Crippen LogP contribution is -2.25. The summed E-state index contributed by atoms with van der Waals surface area (Å²) in [6.07, 6.45) is 2.86. The van der Waals surface area contributed by atoms with Gasteiger partial charge in [0.25, 0.3) is 0 Å². The number of aromatic nitrogens is 1. The van der Waals surface area contributed by atoms with Gasteiger partial charge in [-0.25, -0.2) is 6.57 Å². The lowest BCUT2D eigenvalue weighted by molar-refractivity contribution is 0.0475. The van der Waals surface area contributed by atoms with E-state index in [0.717, 1.165) is 0 Å². The standard InChI is InChI=1S/C14H17N3O2/c1-5-6-7-14(10-15,16-4)9-11-8-12(19-17-11)13(2,3)18/h5,8,18H,1,6-7,9H2,2-3H3. The first-order valence-electron chi connectivity index (χ1n) is 5.96. The van der Waals surface area contributed by atoms with Crippen molar-refractivity contribution in [2.45, 2.75) is 44.2 Å². The lowest BCUT2D eigenvalue weighted by atomic mass is 9.90. The summed E-state index contributed by atoms with van der Waals surface area (Å²) in [5, 5.41) is 22.8. The van der Waals surface area contributed by atoms with Crippen molar-refractivity contribution in [1.29, 1.82) is 5.26 Å². The van der Waals surface area contributed by atoms with Crippen molar-refractivity contribution < 1.29 is 9.63 Å². The molecule has 1 heterocycles. The molecule has 1 atom stereocenters. The molecule has 0 radical (unpaired) electrons. The van der Waals surface area contributed by atoms with Gasteiger partial charge in [0.1, 0.15) is 5.60 Å². The second-order valence-electron chi connectivity index (χ2n) is 5.00. The predicted octanol–water partition coefficient (Wildman–Crippen LogP) is 2.59. The van der Waals surface area contributed by atoms with Gasteiger partial charge in [0, 0.05) is 12.5 Å². The van der Waals surface area contributed by atoms with Crippen LogP contribution in [0.5, 0.6) is 0 Å². The molecule has 0 bridgehead atoms. The quantitative estimate of drug-likeness (QED) is 0.629. The third-order valence-electron chi connectivity index (χ3n) is 2.82. The number of aliphatic hydroxyl groups is 1. The molecular weight excluding hydrogens is 242 g/mol. The van der Waals surface area contributed by atoms with Gasteiger partial charge in [-0.05, 0) is 20.3 Å². The van der Waals surface area contributed by atoms with Gasteiger partial charge in [0.05, 0.1) is 12.1 Å². The minimum atomic E-state index is -1.15. The Hall–Kier alpha value is -2.11. The normalized spacial score (nSPS) is 14.2. The summed E-state index contributed by atoms with van der Waals surface area (Å²) >= 11 is 0. The highest BCUT2D eigenvalue weighted by molar-refractivity contribution is 5.23. The number of nitrogens with zero attached hydrogens (tertiary/aromatic N) is 3. The van der Waals surface area contributed by atoms with Crippen molar-refractivity contribution in [1.82, 2.24) is 5.16 Å². The Morgan fingerprint density at radius 1 is 1.68 bits per heavy atom. The Morgan fingerprint density at radius 3 is 2.79 bits per heavy atom. The number of nitriles is 1. The molecule has 1 N–H and O–H groups in total. The first kappa shape index (κ1) is 14.9. The summed E-state index contributed by atoms with van der Waals surface area (Å²) in [6, 6.07) is 3.64. The van der Waals surface area contributed by atoms with Crippen molar-refractivity contribution in [3.05, 3.63) is 41.6 Å². The molecule has 1 rings (SSSR count). The van der Waals surface area contributed by atoms with E-state index in [9.17, 15) is 10.4 Å². The molecule has 0 amide bonds. The summed E-state index contributed by atoms with van der Waals surface area (Å²) in [7, 11) is 0. The highest BCUT2D eigenvalue weighted by Gasteiger charge is 2.38. The zero-order valence-corrected chi connectivity index (χ0v) is 11.2. The van der Waals surface area contributed by atoms with Gasteiger partial charge in [0.2, 0.25) is 0 Å². The molecule has 0 aliphatic rings. The SMILES string of the molecule is [C-]#[N+]C(C#N)(CCC=C)Cc1cc(C(C)(C)O)on1. The zero-order valence-electron chi connectivity index (χ0n) is 11.2. The lowest BCUT2D eigenvalue weighted by Gasteiger charge is -2.12. The van der Waals surface area contributed by atoms with E-state index >= 15 is 0 Å². The second-order valence-corrected chi connectivity index (χ2v) is 5.00. The number of rotatable bonds is 6. The van der Waals surface area contributed by atoms with Gasteiger partial charge < -0.3 is 9.63 Å². The maximum Gasteiger partial charge on any atom is 0.321 e. The minimum Gasteiger partial charge on any atom is -0.382 e. The monoisotopic (exact) mass is 259 g/mol. The highest BCUT2D eigenvalue weighted by Crippen LogP contribution is 2.26. The topological polar surface area (TPSA) is 74.4 Å². The Labute approximate surface area is 113 Å². The molecular formula is C14H17N3O2. The van der Waals surface area contributed by atoms with E-state index in [4.69, 9.17) is 11.1 Å². The van der Waals surface area contributed by atoms with E-state index in [2.05, 4.69) is 22.6 Å². The maximum absolute atomic E-state index is 9.78. The fourth-order valence-electron chi connectivity index (χ4n) is 1.63. The van der Waals surface area contributed by atoms with Gasteiger partial charge in [0.15, 0.2) is 11.8 Å². The van der Waals surface area contributed by atoms with E-state index in [1.54, 1.807) is 26.0 Å². The van der Waals surface area contributed by atoms with Crippen LogP contribution in [0.25, 0.3) is 4.85 Å². The van der Waals surface area contributed by atoms with Crippen LogP contribution in [0.2, 0.25) is 0 Å². The van der Waals surface area contributed by atoms with Crippen LogP contribution < -0.4 is 0 Å². The van der Waals surface area contributed by atoms with E-state index in [0.29, 0.717) is 24.3 Å². The van der Waals surface area contributed by atoms with Gasteiger partial charge in [-0.15, -0.1) is 6.58 Å². The summed E-state index contributed by atoms with van der Waals surface area (Å²) in [5.41, 5.74) is -1.78. The van der Waals surface area contributed by atoms with Gasteiger partial charge in [-0.2, -0.15) is 5.26 Å². The van der Waals surface area contributed by atoms with E-state index in [-0.39, 0.29) is 6.42 Å². The molecule has 0 fully saturated rings. The molecule has 5 heteroatoms. The number of hydrogen-bond acceptors (Lipinski definition) is 4. The molecule has 0 saturated heterocycles. The summed E-state index contributed by atoms with van der Waals surface area (Å²) in [4.78, 5) is 3.44. The van der Waals surface area contributed by atoms with Crippen molar-refractivity contribution in [2.75, 3.05) is 0 Å². The van der Waals surface area contributed by atoms with Crippen LogP contribution in [-0.2, 0) is 12.0 Å². The average Bonchev–Trinajstić information content (AvgIpc) is 2.83. The highest BCUT2D eigenvalue weighted by atomic mass is 16.5. The third kappa shape index (κ3) is 3.67. The predicted molar refractivity (Wildman–Crippen MR) is 69.8 cm³/mol. The Morgan fingerprint density at radius 2 is 2.37 bits per heavy atom. The molecule has 0 saturated carbocycles. The largest absolute Gasteiger partial charge is 0.382 e. The smallest absolute Gasteiger partial charge is 0.321 e. The van der Waals surface area contributed by atoms with Crippen LogP contribution in [0.4, 0.5) is 0 Å². The Kier molecular flexibility index (Phi) is 4.47. The van der Waals surface area contributed by atoms with E-state index in [1.165, 1.54) is 0 Å². The zero-order chi connectivity index (χ0) is 14.5. The number of allylic oxidation sites excluding steroid dienone is 1. The van der Waals surface area contributed by atoms with Crippen LogP contribution in [0.3, 0.4) is 0 Å². The minimum absolute atomic E-state index is 0.181. The maximum atomic E-state index is 9.78. The van der Waals surface area contributed by atoms with Crippen LogP contribution >= 0.6 is 0 Å². The molecule has 1 aromatic rings. The van der Waals surface area contributed by atoms with Crippen LogP contribution in [0.15, 0.2) is 23.2 Å². The molecule has 1 aromatic heterocycles. The Balaban J connectivity index is 2.93. The second kappa shape index (κ2) is 5.69. The fourth-order valence-corrected chi connectivity index (χ4v) is 1.63. The van der Waals surface area contributed by atoms with Crippen molar-refractivity contribution >= 4 is 0 Å². The van der Waals surface area contributed by atoms with Crippen molar-refractivity contribution in [2.24, 2.45) is 0 Å². The summed E-state index contributed by atoms with van der Waals surface area (Å²) in [6.45, 7) is 14.0. The first-order valence-corrected chi connectivity index (χ1v) is 5.96. The van der Waals surface area contributed by atoms with Crippen molar-refractivity contribution in [3.8, 4) is 6.07 Å². The summed E-state index contributed by atoms with van der Waals surface area (Å²) < 4.78 is 5.04. The van der Waals surface area contributed by atoms with Gasteiger partial charge in [-0.1, -0.05) is 11.2 Å². The fraction of sp³-hybridized carbons (Fsp3) is 0.500. The first-order chi connectivity index (χ1) is 8.87. The van der Waals surface area contributed by atoms with Gasteiger partial charge >= 0.3 is 5.54 Å². The van der Waals surface area contributed by atoms with E-state index < -0.39 is 11.1 Å². The molecule has 1 unspecified atom stereocenters. The molecule has 5 nitrogen and oxygen atoms in total. The molecule has 0 aliphatic carbocycles. The van der Waals surface area contributed by atoms with Crippen LogP contribution in [0, 0.1) is 17.9 Å². The Bertz CT molecular complexity index is 512. The van der Waals surface area contributed by atoms with Crippen LogP contribution in [-0.4, -0.2) is 15.8 Å². The third-order valence-corrected chi connectivity index (χ3v) is 2.82. The van der Waals surface area contributed by atoms with Gasteiger partial charge in [-0.3, -0.25) is 4.85 Å². The number of hydrogen-bond donors (Lipinski definition) is 1. The van der Waals surface area contributed by atoms with Crippen LogP contribution in [0.1, 0.15) is 38.1 Å². The molecule has 100 valence electrons. The molecule has 0 aromatic carbocycles. The van der Waals surface area contributed by atoms with Crippen molar-refractivity contribution in [3.63, 3.8) is 0 Å². The molecule has 0 spiro atoms.